The molecule has 2 heteroatoms. The molecule has 25 heavy (non-hydrogen) atoms. The molecule has 3 saturated carbocycles. The second-order valence-corrected chi connectivity index (χ2v) is 9.52. The van der Waals surface area contributed by atoms with Gasteiger partial charge in [0.05, 0.1) is 12.0 Å². The zero-order valence-electron chi connectivity index (χ0n) is 16.6. The minimum absolute atomic E-state index is 0.0185. The molecule has 0 aromatic carbocycles. The van der Waals surface area contributed by atoms with Gasteiger partial charge in [-0.1, -0.05) is 90.4 Å². The number of carbonyl (C=O) groups is 1. The lowest BCUT2D eigenvalue weighted by Gasteiger charge is -2.51. The minimum Gasteiger partial charge on any atom is -0.465 e. The van der Waals surface area contributed by atoms with Crippen LogP contribution in [0.4, 0.5) is 0 Å². The Hall–Kier alpha value is -0.530. The molecule has 4 rings (SSSR count). The first-order valence-electron chi connectivity index (χ1n) is 11.4. The van der Waals surface area contributed by atoms with Gasteiger partial charge < -0.3 is 4.74 Å². The maximum atomic E-state index is 12.1. The first-order valence-corrected chi connectivity index (χ1v) is 11.4. The van der Waals surface area contributed by atoms with E-state index in [9.17, 15) is 4.79 Å². The van der Waals surface area contributed by atoms with E-state index in [1.54, 1.807) is 0 Å². The fourth-order valence-corrected chi connectivity index (χ4v) is 6.06. The van der Waals surface area contributed by atoms with Crippen molar-refractivity contribution in [3.63, 3.8) is 0 Å². The van der Waals surface area contributed by atoms with Crippen LogP contribution in [0.5, 0.6) is 0 Å². The molecule has 1 saturated heterocycles. The van der Waals surface area contributed by atoms with Gasteiger partial charge in [0.15, 0.2) is 0 Å². The van der Waals surface area contributed by atoms with Crippen molar-refractivity contribution in [2.45, 2.75) is 116 Å². The second-order valence-electron chi connectivity index (χ2n) is 9.52. The Bertz CT molecular complexity index is 422. The number of hydrogen-bond acceptors (Lipinski definition) is 2. The van der Waals surface area contributed by atoms with Crippen LogP contribution in [0.25, 0.3) is 0 Å². The van der Waals surface area contributed by atoms with E-state index in [0.717, 1.165) is 19.4 Å². The van der Waals surface area contributed by atoms with Crippen molar-refractivity contribution in [2.24, 2.45) is 16.7 Å². The number of rotatable bonds is 14. The predicted molar refractivity (Wildman–Crippen MR) is 103 cm³/mol. The molecule has 1 unspecified atom stereocenters. The number of carbonyl (C=O) groups excluding carboxylic acids is 1. The highest BCUT2D eigenvalue weighted by molar-refractivity contribution is 5.81. The molecule has 1 heterocycles. The Morgan fingerprint density at radius 2 is 1.36 bits per heavy atom. The lowest BCUT2D eigenvalue weighted by Crippen LogP contribution is -2.53. The standard InChI is InChI=1S/C23H40O2/c1-2-3-4-5-6-7-8-9-10-11-12-13-14-15-20-16-22-17-23(20,18-22)21(24)25-19-22/h20H,2-19H2,1H3. The third kappa shape index (κ3) is 4.42. The van der Waals surface area contributed by atoms with Crippen LogP contribution in [0, 0.1) is 16.7 Å². The molecule has 0 spiro atoms. The Balaban J connectivity index is 1.13. The van der Waals surface area contributed by atoms with Gasteiger partial charge in [0.1, 0.15) is 0 Å². The van der Waals surface area contributed by atoms with Crippen LogP contribution >= 0.6 is 0 Å². The second kappa shape index (κ2) is 8.91. The summed E-state index contributed by atoms with van der Waals surface area (Å²) in [5, 5.41) is 0. The quantitative estimate of drug-likeness (QED) is 0.254. The third-order valence-electron chi connectivity index (χ3n) is 7.41. The molecule has 144 valence electrons. The molecule has 4 fully saturated rings. The van der Waals surface area contributed by atoms with Crippen molar-refractivity contribution in [1.29, 1.82) is 0 Å². The van der Waals surface area contributed by atoms with E-state index >= 15 is 0 Å². The number of cyclic esters (lactones) is 1. The molecular weight excluding hydrogens is 308 g/mol. The van der Waals surface area contributed by atoms with Gasteiger partial charge in [-0.25, -0.2) is 0 Å². The van der Waals surface area contributed by atoms with Crippen molar-refractivity contribution in [2.75, 3.05) is 6.61 Å². The highest BCUT2D eigenvalue weighted by Crippen LogP contribution is 2.73. The minimum atomic E-state index is -0.0185. The molecule has 0 radical (unpaired) electrons. The first-order chi connectivity index (χ1) is 12.2. The summed E-state index contributed by atoms with van der Waals surface area (Å²) < 4.78 is 5.42. The zero-order chi connectivity index (χ0) is 17.6. The predicted octanol–water partition coefficient (Wildman–Crippen LogP) is 6.81. The van der Waals surface area contributed by atoms with Gasteiger partial charge in [-0.05, 0) is 31.6 Å². The SMILES string of the molecule is CCCCCCCCCCCCCCCC1CC23COC(=O)C1(C2)C3. The van der Waals surface area contributed by atoms with Crippen molar-refractivity contribution in [1.82, 2.24) is 0 Å². The summed E-state index contributed by atoms with van der Waals surface area (Å²) in [5.41, 5.74) is 0.407. The number of ether oxygens (including phenoxy) is 1. The number of hydrogen-bond donors (Lipinski definition) is 0. The summed E-state index contributed by atoms with van der Waals surface area (Å²) in [7, 11) is 0. The normalized spacial score (nSPS) is 32.5. The van der Waals surface area contributed by atoms with Crippen LogP contribution in [0.2, 0.25) is 0 Å². The van der Waals surface area contributed by atoms with E-state index in [1.165, 1.54) is 96.3 Å². The van der Waals surface area contributed by atoms with Gasteiger partial charge in [-0.2, -0.15) is 0 Å². The average Bonchev–Trinajstić information content (AvgIpc) is 3.02. The molecule has 0 N–H and O–H groups in total. The van der Waals surface area contributed by atoms with E-state index in [2.05, 4.69) is 6.92 Å². The van der Waals surface area contributed by atoms with Gasteiger partial charge >= 0.3 is 5.97 Å². The van der Waals surface area contributed by atoms with E-state index in [-0.39, 0.29) is 11.4 Å². The molecule has 4 aliphatic rings. The maximum Gasteiger partial charge on any atom is 0.312 e. The maximum absolute atomic E-state index is 12.1. The summed E-state index contributed by atoms with van der Waals surface area (Å²) in [6.07, 6.45) is 23.2. The van der Waals surface area contributed by atoms with Gasteiger partial charge in [0.2, 0.25) is 0 Å². The van der Waals surface area contributed by atoms with E-state index in [0.29, 0.717) is 11.3 Å². The number of fused-ring (bicyclic) bond motifs is 1. The summed E-state index contributed by atoms with van der Waals surface area (Å²) in [5.74, 6) is 0.793. The Kier molecular flexibility index (Phi) is 6.86. The molecule has 2 nitrogen and oxygen atoms in total. The first kappa shape index (κ1) is 19.2. The van der Waals surface area contributed by atoms with Crippen molar-refractivity contribution in [3.8, 4) is 0 Å². The van der Waals surface area contributed by atoms with Crippen LogP contribution < -0.4 is 0 Å². The average molecular weight is 349 g/mol. The van der Waals surface area contributed by atoms with Gasteiger partial charge in [0.25, 0.3) is 0 Å². The summed E-state index contributed by atoms with van der Waals surface area (Å²) in [6.45, 7) is 3.01. The molecule has 0 amide bonds. The number of unbranched alkanes of at least 4 members (excludes halogenated alkanes) is 12. The Morgan fingerprint density at radius 1 is 0.840 bits per heavy atom. The van der Waals surface area contributed by atoms with Gasteiger partial charge in [0, 0.05) is 5.41 Å². The van der Waals surface area contributed by atoms with E-state index < -0.39 is 0 Å². The van der Waals surface area contributed by atoms with Gasteiger partial charge in [-0.15, -0.1) is 0 Å². The highest BCUT2D eigenvalue weighted by Gasteiger charge is 2.73. The fourth-order valence-electron chi connectivity index (χ4n) is 6.06. The monoisotopic (exact) mass is 348 g/mol. The molecule has 0 aromatic heterocycles. The van der Waals surface area contributed by atoms with Gasteiger partial charge in [-0.3, -0.25) is 4.79 Å². The van der Waals surface area contributed by atoms with Crippen LogP contribution in [-0.2, 0) is 9.53 Å². The molecule has 1 atom stereocenters. The summed E-state index contributed by atoms with van der Waals surface area (Å²) in [4.78, 5) is 12.1. The lowest BCUT2D eigenvalue weighted by molar-refractivity contribution is -0.191. The third-order valence-corrected chi connectivity index (χ3v) is 7.41. The van der Waals surface area contributed by atoms with Crippen molar-refractivity contribution >= 4 is 5.97 Å². The molecule has 0 aromatic rings. The summed E-state index contributed by atoms with van der Waals surface area (Å²) >= 11 is 0. The van der Waals surface area contributed by atoms with Crippen LogP contribution in [0.3, 0.4) is 0 Å². The summed E-state index contributed by atoms with van der Waals surface area (Å²) in [6, 6.07) is 0. The molecule has 2 bridgehead atoms. The van der Waals surface area contributed by atoms with Crippen LogP contribution in [0.15, 0.2) is 0 Å². The Labute approximate surface area is 155 Å². The molecule has 3 aliphatic carbocycles. The van der Waals surface area contributed by atoms with Crippen molar-refractivity contribution < 1.29 is 9.53 Å². The highest BCUT2D eigenvalue weighted by atomic mass is 16.5. The molecular formula is C23H40O2. The smallest absolute Gasteiger partial charge is 0.312 e. The van der Waals surface area contributed by atoms with E-state index in [4.69, 9.17) is 4.74 Å². The molecule has 1 aliphatic heterocycles. The van der Waals surface area contributed by atoms with Crippen molar-refractivity contribution in [3.05, 3.63) is 0 Å². The topological polar surface area (TPSA) is 26.3 Å². The zero-order valence-corrected chi connectivity index (χ0v) is 16.6. The number of esters is 1. The van der Waals surface area contributed by atoms with Crippen LogP contribution in [0.1, 0.15) is 116 Å². The Morgan fingerprint density at radius 3 is 1.92 bits per heavy atom. The lowest BCUT2D eigenvalue weighted by atomic mass is 9.57. The van der Waals surface area contributed by atoms with Crippen LogP contribution in [-0.4, -0.2) is 12.6 Å². The fraction of sp³-hybridized carbons (Fsp3) is 0.957. The largest absolute Gasteiger partial charge is 0.465 e. The van der Waals surface area contributed by atoms with E-state index in [1.807, 2.05) is 0 Å².